The molecule has 1 aromatic carbocycles. The third-order valence-electron chi connectivity index (χ3n) is 4.61. The van der Waals surface area contributed by atoms with Crippen LogP contribution in [0, 0.1) is 13.8 Å². The number of carbonyl (C=O) groups is 1. The molecule has 3 aromatic rings. The van der Waals surface area contributed by atoms with Gasteiger partial charge in [0.15, 0.2) is 0 Å². The largest absolute Gasteiger partial charge is 0.312 e. The molecular weight excluding hydrogens is 340 g/mol. The Kier molecular flexibility index (Phi) is 4.45. The molecule has 4 rings (SSSR count). The van der Waals surface area contributed by atoms with Gasteiger partial charge in [-0.2, -0.15) is 10.1 Å². The van der Waals surface area contributed by atoms with Crippen LogP contribution in [-0.2, 0) is 17.8 Å². The number of aryl methyl sites for hydroxylation is 2. The molecule has 0 unspecified atom stereocenters. The van der Waals surface area contributed by atoms with Crippen molar-refractivity contribution in [1.82, 2.24) is 25.1 Å². The first kappa shape index (κ1) is 17.4. The number of amides is 1. The molecular formula is C20H22N6O. The van der Waals surface area contributed by atoms with Gasteiger partial charge in [0.2, 0.25) is 5.91 Å². The molecule has 0 bridgehead atoms. The number of hydrogen-bond donors (Lipinski definition) is 2. The molecule has 0 radical (unpaired) electrons. The quantitative estimate of drug-likeness (QED) is 0.748. The van der Waals surface area contributed by atoms with E-state index in [-0.39, 0.29) is 5.91 Å². The van der Waals surface area contributed by atoms with Crippen LogP contribution >= 0.6 is 0 Å². The first-order valence-corrected chi connectivity index (χ1v) is 9.03. The Morgan fingerprint density at radius 2 is 2.00 bits per heavy atom. The van der Waals surface area contributed by atoms with Gasteiger partial charge in [-0.1, -0.05) is 12.1 Å². The molecule has 0 spiro atoms. The Balaban J connectivity index is 1.83. The van der Waals surface area contributed by atoms with Crippen LogP contribution in [0.4, 0.5) is 5.82 Å². The Hall–Kier alpha value is -3.06. The van der Waals surface area contributed by atoms with E-state index in [4.69, 9.17) is 4.98 Å². The average molecular weight is 362 g/mol. The summed E-state index contributed by atoms with van der Waals surface area (Å²) in [6.07, 6.45) is 1.04. The minimum atomic E-state index is -0.173. The van der Waals surface area contributed by atoms with Gasteiger partial charge in [0.05, 0.1) is 11.4 Å². The zero-order valence-corrected chi connectivity index (χ0v) is 15.7. The summed E-state index contributed by atoms with van der Waals surface area (Å²) in [5.74, 6) is 0.734. The van der Waals surface area contributed by atoms with Gasteiger partial charge in [0, 0.05) is 30.8 Å². The van der Waals surface area contributed by atoms with Crippen LogP contribution in [0.15, 0.2) is 30.3 Å². The Labute approximate surface area is 157 Å². The summed E-state index contributed by atoms with van der Waals surface area (Å²) >= 11 is 0. The summed E-state index contributed by atoms with van der Waals surface area (Å²) in [5, 5.41) is 10.6. The highest BCUT2D eigenvalue weighted by Crippen LogP contribution is 2.25. The summed E-state index contributed by atoms with van der Waals surface area (Å²) in [6, 6.07) is 10.2. The van der Waals surface area contributed by atoms with Crippen molar-refractivity contribution in [3.05, 3.63) is 52.8 Å². The van der Waals surface area contributed by atoms with E-state index in [1.807, 2.05) is 19.9 Å². The number of carbonyl (C=O) groups excluding carboxylic acids is 1. The van der Waals surface area contributed by atoms with Crippen LogP contribution in [0.25, 0.3) is 17.2 Å². The number of benzene rings is 1. The number of aromatic nitrogens is 4. The topological polar surface area (TPSA) is 84.7 Å². The first-order chi connectivity index (χ1) is 13.0. The van der Waals surface area contributed by atoms with Crippen molar-refractivity contribution < 1.29 is 4.79 Å². The predicted molar refractivity (Wildman–Crippen MR) is 104 cm³/mol. The van der Waals surface area contributed by atoms with E-state index in [0.717, 1.165) is 42.2 Å². The number of hydrogen-bond acceptors (Lipinski definition) is 5. The van der Waals surface area contributed by atoms with Gasteiger partial charge in [-0.15, -0.1) is 0 Å². The van der Waals surface area contributed by atoms with E-state index in [0.29, 0.717) is 11.8 Å². The lowest BCUT2D eigenvalue weighted by molar-refractivity contribution is -0.114. The maximum absolute atomic E-state index is 11.6. The van der Waals surface area contributed by atoms with Crippen molar-refractivity contribution in [1.29, 1.82) is 0 Å². The summed E-state index contributed by atoms with van der Waals surface area (Å²) in [5.41, 5.74) is 6.23. The van der Waals surface area contributed by atoms with Crippen LogP contribution in [-0.4, -0.2) is 32.2 Å². The lowest BCUT2D eigenvalue weighted by Gasteiger charge is -2.18. The van der Waals surface area contributed by atoms with Crippen LogP contribution in [0.3, 0.4) is 0 Å². The van der Waals surface area contributed by atoms with E-state index in [1.54, 1.807) is 10.7 Å². The lowest BCUT2D eigenvalue weighted by atomic mass is 9.97. The molecule has 138 valence electrons. The van der Waals surface area contributed by atoms with Gasteiger partial charge in [-0.25, -0.2) is 9.67 Å². The third-order valence-corrected chi connectivity index (χ3v) is 4.61. The SMILES string of the molecule is CC(=O)Nc1cc(-c2ccc3c(c2)CNCC3)nc(-n2nc(C)cc2C)n1. The molecule has 0 fully saturated rings. The van der Waals surface area contributed by atoms with E-state index < -0.39 is 0 Å². The molecule has 7 nitrogen and oxygen atoms in total. The van der Waals surface area contributed by atoms with Crippen molar-refractivity contribution in [2.75, 3.05) is 11.9 Å². The van der Waals surface area contributed by atoms with Crippen molar-refractivity contribution in [2.45, 2.75) is 33.7 Å². The number of rotatable bonds is 3. The Bertz CT molecular complexity index is 1020. The van der Waals surface area contributed by atoms with Crippen LogP contribution in [0.1, 0.15) is 29.4 Å². The highest BCUT2D eigenvalue weighted by Gasteiger charge is 2.14. The number of nitrogens with one attached hydrogen (secondary N) is 2. The van der Waals surface area contributed by atoms with Gasteiger partial charge in [0.1, 0.15) is 5.82 Å². The molecule has 1 aliphatic heterocycles. The van der Waals surface area contributed by atoms with Gasteiger partial charge >= 0.3 is 0 Å². The highest BCUT2D eigenvalue weighted by molar-refractivity contribution is 5.88. The molecule has 1 aliphatic rings. The molecule has 7 heteroatoms. The monoisotopic (exact) mass is 362 g/mol. The van der Waals surface area contributed by atoms with Gasteiger partial charge in [-0.3, -0.25) is 4.79 Å². The second-order valence-electron chi connectivity index (χ2n) is 6.87. The molecule has 0 saturated heterocycles. The smallest absolute Gasteiger partial charge is 0.253 e. The third kappa shape index (κ3) is 3.59. The summed E-state index contributed by atoms with van der Waals surface area (Å²) in [7, 11) is 0. The van der Waals surface area contributed by atoms with Crippen molar-refractivity contribution >= 4 is 11.7 Å². The van der Waals surface area contributed by atoms with E-state index in [9.17, 15) is 4.79 Å². The van der Waals surface area contributed by atoms with Crippen molar-refractivity contribution in [3.63, 3.8) is 0 Å². The van der Waals surface area contributed by atoms with Crippen molar-refractivity contribution in [3.8, 4) is 17.2 Å². The minimum Gasteiger partial charge on any atom is -0.312 e. The fourth-order valence-electron chi connectivity index (χ4n) is 3.39. The predicted octanol–water partition coefficient (Wildman–Crippen LogP) is 2.55. The zero-order chi connectivity index (χ0) is 19.0. The molecule has 2 aromatic heterocycles. The maximum Gasteiger partial charge on any atom is 0.253 e. The van der Waals surface area contributed by atoms with E-state index >= 15 is 0 Å². The second kappa shape index (κ2) is 6.92. The Morgan fingerprint density at radius 1 is 1.15 bits per heavy atom. The van der Waals surface area contributed by atoms with Crippen LogP contribution < -0.4 is 10.6 Å². The normalized spacial score (nSPS) is 13.3. The molecule has 0 saturated carbocycles. The molecule has 0 aliphatic carbocycles. The summed E-state index contributed by atoms with van der Waals surface area (Å²) in [6.45, 7) is 7.22. The number of nitrogens with zero attached hydrogens (tertiary/aromatic N) is 4. The molecule has 27 heavy (non-hydrogen) atoms. The molecule has 3 heterocycles. The average Bonchev–Trinajstić information content (AvgIpc) is 2.98. The molecule has 0 atom stereocenters. The Morgan fingerprint density at radius 3 is 2.74 bits per heavy atom. The number of anilines is 1. The first-order valence-electron chi connectivity index (χ1n) is 9.03. The summed E-state index contributed by atoms with van der Waals surface area (Å²) in [4.78, 5) is 20.8. The lowest BCUT2D eigenvalue weighted by Crippen LogP contribution is -2.23. The highest BCUT2D eigenvalue weighted by atomic mass is 16.1. The zero-order valence-electron chi connectivity index (χ0n) is 15.7. The maximum atomic E-state index is 11.6. The van der Waals surface area contributed by atoms with Crippen LogP contribution in [0.5, 0.6) is 0 Å². The standard InChI is InChI=1S/C20H22N6O/c1-12-8-13(2)26(25-12)20-23-18(10-19(24-20)22-14(3)27)16-5-4-15-6-7-21-11-17(15)9-16/h4-5,8-10,21H,6-7,11H2,1-3H3,(H,22,23,24,27). The van der Waals surface area contributed by atoms with Crippen LogP contribution in [0.2, 0.25) is 0 Å². The van der Waals surface area contributed by atoms with Gasteiger partial charge in [-0.05, 0) is 50.1 Å². The van der Waals surface area contributed by atoms with E-state index in [2.05, 4.69) is 38.9 Å². The summed E-state index contributed by atoms with van der Waals surface area (Å²) < 4.78 is 1.70. The molecule has 2 N–H and O–H groups in total. The second-order valence-corrected chi connectivity index (χ2v) is 6.87. The van der Waals surface area contributed by atoms with Gasteiger partial charge < -0.3 is 10.6 Å². The number of fused-ring (bicyclic) bond motifs is 1. The van der Waals surface area contributed by atoms with E-state index in [1.165, 1.54) is 18.1 Å². The molecule has 1 amide bonds. The fourth-order valence-corrected chi connectivity index (χ4v) is 3.39. The van der Waals surface area contributed by atoms with Crippen molar-refractivity contribution in [2.24, 2.45) is 0 Å². The fraction of sp³-hybridized carbons (Fsp3) is 0.300. The van der Waals surface area contributed by atoms with Gasteiger partial charge in [0.25, 0.3) is 5.95 Å². The minimum absolute atomic E-state index is 0.173.